The molecule has 0 spiro atoms. The average molecular weight is 345 g/mol. The molecular weight excluding hydrogens is 331 g/mol. The van der Waals surface area contributed by atoms with Crippen LogP contribution in [0.15, 0.2) is 22.7 Å². The van der Waals surface area contributed by atoms with Gasteiger partial charge in [-0.2, -0.15) is 0 Å². The van der Waals surface area contributed by atoms with E-state index in [9.17, 15) is 13.6 Å². The van der Waals surface area contributed by atoms with Crippen LogP contribution in [-0.2, 0) is 9.53 Å². The molecule has 102 valence electrons. The molecule has 0 bridgehead atoms. The Balaban J connectivity index is 0.00000289. The average Bonchev–Trinajstić information content (AvgIpc) is 2.30. The Kier molecular flexibility index (Phi) is 7.35. The number of esters is 1. The van der Waals surface area contributed by atoms with Gasteiger partial charge in [0.15, 0.2) is 0 Å². The summed E-state index contributed by atoms with van der Waals surface area (Å²) in [5, 5.41) is 0. The SMILES string of the molecule is CCOC(=O)C(F)[C@H](N)c1cc(Br)ccc1F.Cl. The van der Waals surface area contributed by atoms with Gasteiger partial charge >= 0.3 is 5.97 Å². The minimum absolute atomic E-state index is 0. The van der Waals surface area contributed by atoms with Crippen molar-refractivity contribution in [3.05, 3.63) is 34.1 Å². The number of benzene rings is 1. The molecule has 0 amide bonds. The molecule has 0 aromatic heterocycles. The lowest BCUT2D eigenvalue weighted by Gasteiger charge is -2.16. The lowest BCUT2D eigenvalue weighted by molar-refractivity contribution is -0.149. The van der Waals surface area contributed by atoms with Gasteiger partial charge in [0, 0.05) is 10.0 Å². The Hall–Kier alpha value is -0.720. The third kappa shape index (κ3) is 4.19. The number of rotatable bonds is 4. The number of halogens is 4. The minimum Gasteiger partial charge on any atom is -0.464 e. The summed E-state index contributed by atoms with van der Waals surface area (Å²) in [6.45, 7) is 1.60. The molecular formula is C11H13BrClF2NO2. The summed E-state index contributed by atoms with van der Waals surface area (Å²) < 4.78 is 32.0. The van der Waals surface area contributed by atoms with Crippen molar-refractivity contribution < 1.29 is 18.3 Å². The molecule has 1 aromatic rings. The Labute approximate surface area is 118 Å². The molecule has 0 saturated carbocycles. The maximum absolute atomic E-state index is 13.6. The summed E-state index contributed by atoms with van der Waals surface area (Å²) in [4.78, 5) is 11.1. The predicted octanol–water partition coefficient (Wildman–Crippen LogP) is 2.91. The van der Waals surface area contributed by atoms with Gasteiger partial charge in [0.25, 0.3) is 0 Å². The Morgan fingerprint density at radius 3 is 2.72 bits per heavy atom. The van der Waals surface area contributed by atoms with Crippen LogP contribution in [-0.4, -0.2) is 18.7 Å². The molecule has 18 heavy (non-hydrogen) atoms. The number of hydrogen-bond acceptors (Lipinski definition) is 3. The summed E-state index contributed by atoms with van der Waals surface area (Å²) in [7, 11) is 0. The Morgan fingerprint density at radius 1 is 1.56 bits per heavy atom. The van der Waals surface area contributed by atoms with Gasteiger partial charge in [0.1, 0.15) is 5.82 Å². The third-order valence-corrected chi connectivity index (χ3v) is 2.64. The first kappa shape index (κ1) is 17.3. The number of carbonyl (C=O) groups excluding carboxylic acids is 1. The highest BCUT2D eigenvalue weighted by atomic mass is 79.9. The number of nitrogens with two attached hydrogens (primary N) is 1. The zero-order chi connectivity index (χ0) is 13.0. The van der Waals surface area contributed by atoms with Gasteiger partial charge in [-0.15, -0.1) is 12.4 Å². The molecule has 2 atom stereocenters. The second kappa shape index (κ2) is 7.66. The van der Waals surface area contributed by atoms with Crippen molar-refractivity contribution in [2.75, 3.05) is 6.61 Å². The molecule has 0 heterocycles. The van der Waals surface area contributed by atoms with Crippen molar-refractivity contribution in [2.45, 2.75) is 19.1 Å². The first-order valence-corrected chi connectivity index (χ1v) is 5.78. The Bertz CT molecular complexity index is 420. The van der Waals surface area contributed by atoms with E-state index < -0.39 is 24.0 Å². The van der Waals surface area contributed by atoms with Crippen LogP contribution in [0, 0.1) is 5.82 Å². The van der Waals surface area contributed by atoms with Crippen LogP contribution in [0.4, 0.5) is 8.78 Å². The molecule has 2 N–H and O–H groups in total. The van der Waals surface area contributed by atoms with Gasteiger partial charge in [-0.05, 0) is 25.1 Å². The molecule has 1 unspecified atom stereocenters. The first-order valence-electron chi connectivity index (χ1n) is 4.98. The molecule has 0 radical (unpaired) electrons. The van der Waals surface area contributed by atoms with Gasteiger partial charge in [-0.1, -0.05) is 15.9 Å². The van der Waals surface area contributed by atoms with E-state index in [1.54, 1.807) is 6.92 Å². The third-order valence-electron chi connectivity index (χ3n) is 2.14. The highest BCUT2D eigenvalue weighted by molar-refractivity contribution is 9.10. The fraction of sp³-hybridized carbons (Fsp3) is 0.364. The van der Waals surface area contributed by atoms with Gasteiger partial charge < -0.3 is 10.5 Å². The van der Waals surface area contributed by atoms with Crippen molar-refractivity contribution in [3.8, 4) is 0 Å². The second-order valence-electron chi connectivity index (χ2n) is 3.35. The van der Waals surface area contributed by atoms with Crippen molar-refractivity contribution >= 4 is 34.3 Å². The predicted molar refractivity (Wildman–Crippen MR) is 69.8 cm³/mol. The van der Waals surface area contributed by atoms with E-state index in [0.717, 1.165) is 6.07 Å². The topological polar surface area (TPSA) is 52.3 Å². The normalized spacial score (nSPS) is 13.4. The summed E-state index contributed by atoms with van der Waals surface area (Å²) in [5.41, 5.74) is 5.43. The fourth-order valence-electron chi connectivity index (χ4n) is 1.30. The van der Waals surface area contributed by atoms with E-state index in [-0.39, 0.29) is 24.6 Å². The van der Waals surface area contributed by atoms with Gasteiger partial charge in [0.2, 0.25) is 6.17 Å². The van der Waals surface area contributed by atoms with E-state index in [4.69, 9.17) is 5.73 Å². The number of ether oxygens (including phenoxy) is 1. The fourth-order valence-corrected chi connectivity index (χ4v) is 1.67. The van der Waals surface area contributed by atoms with Crippen LogP contribution < -0.4 is 5.73 Å². The van der Waals surface area contributed by atoms with Crippen LogP contribution in [0.5, 0.6) is 0 Å². The maximum atomic E-state index is 13.6. The van der Waals surface area contributed by atoms with Gasteiger partial charge in [-0.3, -0.25) is 0 Å². The van der Waals surface area contributed by atoms with Crippen molar-refractivity contribution in [3.63, 3.8) is 0 Å². The summed E-state index contributed by atoms with van der Waals surface area (Å²) >= 11 is 3.12. The molecule has 0 saturated heterocycles. The first-order chi connectivity index (χ1) is 7.97. The van der Waals surface area contributed by atoms with Crippen molar-refractivity contribution in [2.24, 2.45) is 5.73 Å². The largest absolute Gasteiger partial charge is 0.464 e. The zero-order valence-electron chi connectivity index (χ0n) is 9.53. The number of carbonyl (C=O) groups is 1. The molecule has 0 aliphatic heterocycles. The molecule has 3 nitrogen and oxygen atoms in total. The highest BCUT2D eigenvalue weighted by Crippen LogP contribution is 2.24. The standard InChI is InChI=1S/C11H12BrF2NO2.ClH/c1-2-17-11(16)9(14)10(15)7-5-6(12)3-4-8(7)13;/h3-5,9-10H,2,15H2,1H3;1H/t9?,10-;/m1./s1. The quantitative estimate of drug-likeness (QED) is 0.855. The van der Waals surface area contributed by atoms with Gasteiger partial charge in [0.05, 0.1) is 12.6 Å². The van der Waals surface area contributed by atoms with Crippen molar-refractivity contribution in [1.82, 2.24) is 0 Å². The summed E-state index contributed by atoms with van der Waals surface area (Å²) in [5.74, 6) is -1.74. The lowest BCUT2D eigenvalue weighted by atomic mass is 10.0. The Morgan fingerprint density at radius 2 is 2.17 bits per heavy atom. The van der Waals surface area contributed by atoms with E-state index in [1.807, 2.05) is 0 Å². The molecule has 1 rings (SSSR count). The van der Waals surface area contributed by atoms with Crippen LogP contribution in [0.2, 0.25) is 0 Å². The van der Waals surface area contributed by atoms with E-state index >= 15 is 0 Å². The molecule has 7 heteroatoms. The molecule has 0 fully saturated rings. The summed E-state index contributed by atoms with van der Waals surface area (Å²) in [6.07, 6.45) is -2.08. The number of alkyl halides is 1. The number of hydrogen-bond donors (Lipinski definition) is 1. The maximum Gasteiger partial charge on any atom is 0.342 e. The minimum atomic E-state index is -2.08. The van der Waals surface area contributed by atoms with Crippen LogP contribution in [0.1, 0.15) is 18.5 Å². The molecule has 0 aliphatic carbocycles. The smallest absolute Gasteiger partial charge is 0.342 e. The highest BCUT2D eigenvalue weighted by Gasteiger charge is 2.29. The van der Waals surface area contributed by atoms with Crippen LogP contribution in [0.25, 0.3) is 0 Å². The molecule has 1 aromatic carbocycles. The monoisotopic (exact) mass is 343 g/mol. The van der Waals surface area contributed by atoms with Crippen molar-refractivity contribution in [1.29, 1.82) is 0 Å². The van der Waals surface area contributed by atoms with Crippen LogP contribution in [0.3, 0.4) is 0 Å². The van der Waals surface area contributed by atoms with E-state index in [1.165, 1.54) is 12.1 Å². The lowest BCUT2D eigenvalue weighted by Crippen LogP contribution is -2.32. The van der Waals surface area contributed by atoms with Gasteiger partial charge in [-0.25, -0.2) is 13.6 Å². The zero-order valence-corrected chi connectivity index (χ0v) is 11.9. The summed E-state index contributed by atoms with van der Waals surface area (Å²) in [6, 6.07) is 2.57. The van der Waals surface area contributed by atoms with E-state index in [0.29, 0.717) is 4.47 Å². The second-order valence-corrected chi connectivity index (χ2v) is 4.26. The van der Waals surface area contributed by atoms with Crippen LogP contribution >= 0.6 is 28.3 Å². The molecule has 0 aliphatic rings. The van der Waals surface area contributed by atoms with E-state index in [2.05, 4.69) is 20.7 Å².